The summed E-state index contributed by atoms with van der Waals surface area (Å²) in [5.41, 5.74) is 6.86. The summed E-state index contributed by atoms with van der Waals surface area (Å²) in [5, 5.41) is 7.28. The van der Waals surface area contributed by atoms with E-state index in [1.54, 1.807) is 0 Å². The summed E-state index contributed by atoms with van der Waals surface area (Å²) in [4.78, 5) is 20.6. The van der Waals surface area contributed by atoms with Gasteiger partial charge in [0.05, 0.1) is 12.3 Å². The number of hydrogen-bond acceptors (Lipinski definition) is 5. The first-order chi connectivity index (χ1) is 14.2. The van der Waals surface area contributed by atoms with Crippen molar-refractivity contribution in [2.45, 2.75) is 38.5 Å². The number of benzene rings is 2. The van der Waals surface area contributed by atoms with Crippen LogP contribution in [0.3, 0.4) is 0 Å². The monoisotopic (exact) mass is 391 g/mol. The lowest BCUT2D eigenvalue weighted by Crippen LogP contribution is -2.27. The van der Waals surface area contributed by atoms with Crippen LogP contribution in [0.4, 0.5) is 5.69 Å². The van der Waals surface area contributed by atoms with Gasteiger partial charge in [0.2, 0.25) is 6.29 Å². The van der Waals surface area contributed by atoms with E-state index in [0.29, 0.717) is 12.3 Å². The number of amides is 1. The van der Waals surface area contributed by atoms with Crippen LogP contribution in [-0.4, -0.2) is 43.0 Å². The third-order valence-electron chi connectivity index (χ3n) is 5.91. The van der Waals surface area contributed by atoms with E-state index in [2.05, 4.69) is 40.6 Å². The molecule has 0 spiro atoms. The molecule has 0 radical (unpaired) electrons. The van der Waals surface area contributed by atoms with Gasteiger partial charge in [0.1, 0.15) is 0 Å². The molecule has 6 nitrogen and oxygen atoms in total. The van der Waals surface area contributed by atoms with Gasteiger partial charge in [0, 0.05) is 25.1 Å². The quantitative estimate of drug-likeness (QED) is 0.813. The molecule has 2 aromatic rings. The lowest BCUT2D eigenvalue weighted by Gasteiger charge is -2.29. The van der Waals surface area contributed by atoms with Gasteiger partial charge in [-0.3, -0.25) is 4.79 Å². The Labute approximate surface area is 170 Å². The van der Waals surface area contributed by atoms with Crippen molar-refractivity contribution in [3.8, 4) is 11.1 Å². The van der Waals surface area contributed by atoms with Crippen molar-refractivity contribution in [2.24, 2.45) is 5.16 Å². The molecular weight excluding hydrogens is 366 g/mol. The Kier molecular flexibility index (Phi) is 4.81. The molecule has 1 fully saturated rings. The molecule has 0 saturated carbocycles. The van der Waals surface area contributed by atoms with Crippen molar-refractivity contribution in [1.82, 2.24) is 4.90 Å². The van der Waals surface area contributed by atoms with Crippen molar-refractivity contribution in [2.75, 3.05) is 25.5 Å². The zero-order valence-electron chi connectivity index (χ0n) is 16.6. The molecule has 5 rings (SSSR count). The lowest BCUT2D eigenvalue weighted by molar-refractivity contribution is -0.162. The zero-order chi connectivity index (χ0) is 19.8. The highest BCUT2D eigenvalue weighted by Gasteiger charge is 2.34. The summed E-state index contributed by atoms with van der Waals surface area (Å²) < 4.78 is 5.59. The number of likely N-dealkylation sites (N-methyl/N-ethyl adjacent to an activating group) is 1. The zero-order valence-corrected chi connectivity index (χ0v) is 16.6. The second-order valence-corrected chi connectivity index (χ2v) is 7.95. The van der Waals surface area contributed by atoms with Gasteiger partial charge in [-0.15, -0.1) is 0 Å². The van der Waals surface area contributed by atoms with Crippen molar-refractivity contribution >= 4 is 17.3 Å². The molecule has 1 unspecified atom stereocenters. The van der Waals surface area contributed by atoms with Crippen LogP contribution in [0.1, 0.15) is 36.0 Å². The van der Waals surface area contributed by atoms with Crippen LogP contribution in [0.25, 0.3) is 11.1 Å². The van der Waals surface area contributed by atoms with E-state index < -0.39 is 0 Å². The molecular formula is C23H25N3O3. The second kappa shape index (κ2) is 7.61. The molecule has 29 heavy (non-hydrogen) atoms. The summed E-state index contributed by atoms with van der Waals surface area (Å²) in [5.74, 6) is -0.212. The van der Waals surface area contributed by atoms with Gasteiger partial charge in [-0.25, -0.2) is 0 Å². The van der Waals surface area contributed by atoms with E-state index in [-0.39, 0.29) is 12.2 Å². The minimum Gasteiger partial charge on any atom is -0.363 e. The SMILES string of the molecule is CN1CCc2c(-c3ccccc3)cc3c(c2C1)NC(=O)C3=NOC1CCCCO1. The molecule has 1 N–H and O–H groups in total. The fourth-order valence-electron chi connectivity index (χ4n) is 4.39. The number of oxime groups is 1. The summed E-state index contributed by atoms with van der Waals surface area (Å²) >= 11 is 0. The molecule has 6 heteroatoms. The molecule has 0 bridgehead atoms. The Balaban J connectivity index is 1.59. The standard InChI is InChI=1S/C23H25N3O3/c1-26-11-10-16-17(15-7-3-2-4-8-15)13-18-21(19(16)14-26)24-23(27)22(18)25-29-20-9-5-6-12-28-20/h2-4,7-8,13,20H,5-6,9-12,14H2,1H3,(H,24,25,27). The maximum atomic E-state index is 12.7. The highest BCUT2D eigenvalue weighted by atomic mass is 16.8. The lowest BCUT2D eigenvalue weighted by atomic mass is 9.87. The Bertz CT molecular complexity index is 965. The minimum atomic E-state index is -0.370. The summed E-state index contributed by atoms with van der Waals surface area (Å²) in [6.07, 6.45) is 3.48. The number of anilines is 1. The van der Waals surface area contributed by atoms with Crippen LogP contribution in [0, 0.1) is 0 Å². The average molecular weight is 391 g/mol. The average Bonchev–Trinajstić information content (AvgIpc) is 3.08. The first-order valence-corrected chi connectivity index (χ1v) is 10.3. The third kappa shape index (κ3) is 3.43. The summed E-state index contributed by atoms with van der Waals surface area (Å²) in [6, 6.07) is 12.4. The number of rotatable bonds is 3. The van der Waals surface area contributed by atoms with E-state index in [4.69, 9.17) is 9.57 Å². The Morgan fingerprint density at radius 1 is 1.17 bits per heavy atom. The van der Waals surface area contributed by atoms with Crippen LogP contribution in [0.15, 0.2) is 41.6 Å². The predicted octanol–water partition coefficient (Wildman–Crippen LogP) is 3.54. The van der Waals surface area contributed by atoms with E-state index in [9.17, 15) is 4.79 Å². The van der Waals surface area contributed by atoms with Crippen molar-refractivity contribution in [1.29, 1.82) is 0 Å². The Morgan fingerprint density at radius 2 is 2.03 bits per heavy atom. The predicted molar refractivity (Wildman–Crippen MR) is 112 cm³/mol. The van der Waals surface area contributed by atoms with E-state index in [0.717, 1.165) is 55.6 Å². The Morgan fingerprint density at radius 3 is 2.83 bits per heavy atom. The summed E-state index contributed by atoms with van der Waals surface area (Å²) in [6.45, 7) is 2.48. The minimum absolute atomic E-state index is 0.212. The van der Waals surface area contributed by atoms with Crippen LogP contribution >= 0.6 is 0 Å². The number of ether oxygens (including phenoxy) is 1. The molecule has 0 aliphatic carbocycles. The maximum Gasteiger partial charge on any atom is 0.278 e. The third-order valence-corrected chi connectivity index (χ3v) is 5.91. The fraction of sp³-hybridized carbons (Fsp3) is 0.391. The van der Waals surface area contributed by atoms with Crippen molar-refractivity contribution in [3.63, 3.8) is 0 Å². The van der Waals surface area contributed by atoms with E-state index in [1.807, 2.05) is 18.2 Å². The van der Waals surface area contributed by atoms with Crippen LogP contribution in [0.5, 0.6) is 0 Å². The van der Waals surface area contributed by atoms with Crippen molar-refractivity contribution < 1.29 is 14.4 Å². The summed E-state index contributed by atoms with van der Waals surface area (Å²) in [7, 11) is 2.11. The van der Waals surface area contributed by atoms with Gasteiger partial charge in [-0.1, -0.05) is 35.5 Å². The number of carbonyl (C=O) groups is 1. The number of fused-ring (bicyclic) bond motifs is 3. The molecule has 3 aliphatic rings. The number of nitrogens with one attached hydrogen (secondary N) is 1. The highest BCUT2D eigenvalue weighted by molar-refractivity contribution is 6.54. The van der Waals surface area contributed by atoms with E-state index in [1.165, 1.54) is 16.7 Å². The van der Waals surface area contributed by atoms with Gasteiger partial charge in [-0.05, 0) is 54.6 Å². The first-order valence-electron chi connectivity index (χ1n) is 10.3. The highest BCUT2D eigenvalue weighted by Crippen LogP contribution is 2.40. The number of hydrogen-bond donors (Lipinski definition) is 1. The largest absolute Gasteiger partial charge is 0.363 e. The molecule has 3 heterocycles. The second-order valence-electron chi connectivity index (χ2n) is 7.95. The van der Waals surface area contributed by atoms with Gasteiger partial charge >= 0.3 is 0 Å². The molecule has 1 amide bonds. The van der Waals surface area contributed by atoms with Crippen LogP contribution < -0.4 is 5.32 Å². The van der Waals surface area contributed by atoms with Gasteiger partial charge < -0.3 is 19.8 Å². The molecule has 2 aromatic carbocycles. The topological polar surface area (TPSA) is 63.2 Å². The number of nitrogens with zero attached hydrogens (tertiary/aromatic N) is 2. The van der Waals surface area contributed by atoms with E-state index >= 15 is 0 Å². The molecule has 1 atom stereocenters. The van der Waals surface area contributed by atoms with Crippen LogP contribution in [0.2, 0.25) is 0 Å². The normalized spacial score (nSPS) is 22.9. The molecule has 150 valence electrons. The first kappa shape index (κ1) is 18.3. The van der Waals surface area contributed by atoms with Gasteiger partial charge in [-0.2, -0.15) is 0 Å². The molecule has 0 aromatic heterocycles. The Hall–Kier alpha value is -2.70. The van der Waals surface area contributed by atoms with Crippen molar-refractivity contribution in [3.05, 3.63) is 53.1 Å². The fourth-order valence-corrected chi connectivity index (χ4v) is 4.39. The molecule has 1 saturated heterocycles. The van der Waals surface area contributed by atoms with Gasteiger partial charge in [0.25, 0.3) is 5.91 Å². The maximum absolute atomic E-state index is 12.7. The van der Waals surface area contributed by atoms with Crippen LogP contribution in [-0.2, 0) is 27.3 Å². The van der Waals surface area contributed by atoms with Gasteiger partial charge in [0.15, 0.2) is 5.71 Å². The molecule has 3 aliphatic heterocycles. The smallest absolute Gasteiger partial charge is 0.278 e. The number of carbonyl (C=O) groups excluding carboxylic acids is 1.